The van der Waals surface area contributed by atoms with Crippen molar-refractivity contribution >= 4 is 27.3 Å². The van der Waals surface area contributed by atoms with Crippen molar-refractivity contribution in [2.75, 3.05) is 24.7 Å². The number of carbonyl (C=O) groups excluding carboxylic acids is 2. The Hall–Kier alpha value is -2.33. The van der Waals surface area contributed by atoms with E-state index in [9.17, 15) is 28.1 Å². The van der Waals surface area contributed by atoms with Crippen molar-refractivity contribution in [3.63, 3.8) is 0 Å². The summed E-state index contributed by atoms with van der Waals surface area (Å²) in [5.41, 5.74) is -0.577. The van der Waals surface area contributed by atoms with Gasteiger partial charge in [-0.05, 0) is 25.5 Å². The number of fused-ring (bicyclic) bond motifs is 1. The van der Waals surface area contributed by atoms with Crippen LogP contribution in [0.1, 0.15) is 40.5 Å². The van der Waals surface area contributed by atoms with Gasteiger partial charge in [0.15, 0.2) is 9.84 Å². The molecule has 0 radical (unpaired) electrons. The van der Waals surface area contributed by atoms with Crippen LogP contribution in [0.2, 0.25) is 0 Å². The van der Waals surface area contributed by atoms with Crippen LogP contribution in [-0.2, 0) is 9.84 Å². The van der Waals surface area contributed by atoms with Gasteiger partial charge >= 0.3 is 0 Å². The fraction of sp³-hybridized carbons (Fsp3) is 0.500. The first kappa shape index (κ1) is 18.5. The maximum atomic E-state index is 12.7. The van der Waals surface area contributed by atoms with Crippen LogP contribution in [0.3, 0.4) is 0 Å². The fourth-order valence-electron chi connectivity index (χ4n) is 3.50. The molecule has 1 saturated heterocycles. The number of hydrogen-bond acceptors (Lipinski definition) is 7. The second kappa shape index (κ2) is 6.76. The van der Waals surface area contributed by atoms with E-state index in [0.29, 0.717) is 13.0 Å². The van der Waals surface area contributed by atoms with E-state index in [4.69, 9.17) is 0 Å². The van der Waals surface area contributed by atoms with Crippen LogP contribution in [0.4, 0.5) is 5.69 Å². The first-order valence-electron chi connectivity index (χ1n) is 8.33. The first-order valence-corrected chi connectivity index (χ1v) is 10.2. The molecule has 140 valence electrons. The number of amides is 2. The summed E-state index contributed by atoms with van der Waals surface area (Å²) in [7, 11) is -3.11. The van der Waals surface area contributed by atoms with Crippen molar-refractivity contribution in [1.29, 1.82) is 0 Å². The van der Waals surface area contributed by atoms with E-state index in [-0.39, 0.29) is 35.3 Å². The van der Waals surface area contributed by atoms with Gasteiger partial charge in [-0.1, -0.05) is 13.0 Å². The fourth-order valence-corrected chi connectivity index (χ4v) is 5.26. The van der Waals surface area contributed by atoms with Gasteiger partial charge in [0.25, 0.3) is 17.5 Å². The van der Waals surface area contributed by atoms with E-state index >= 15 is 0 Å². The Kier molecular flexibility index (Phi) is 4.80. The molecule has 1 aromatic rings. The van der Waals surface area contributed by atoms with E-state index in [1.54, 1.807) is 4.90 Å². The van der Waals surface area contributed by atoms with Gasteiger partial charge in [0.1, 0.15) is 5.56 Å². The molecule has 1 aromatic carbocycles. The molecule has 2 amide bonds. The van der Waals surface area contributed by atoms with Gasteiger partial charge in [-0.15, -0.1) is 0 Å². The van der Waals surface area contributed by atoms with E-state index in [0.717, 1.165) is 11.3 Å². The highest BCUT2D eigenvalue weighted by Crippen LogP contribution is 2.31. The molecule has 2 aliphatic heterocycles. The predicted octanol–water partition coefficient (Wildman–Crippen LogP) is 1.05. The zero-order valence-electron chi connectivity index (χ0n) is 14.3. The number of nitrogens with zero attached hydrogens (tertiary/aromatic N) is 3. The summed E-state index contributed by atoms with van der Waals surface area (Å²) in [4.78, 5) is 38.5. The first-order chi connectivity index (χ1) is 12.2. The van der Waals surface area contributed by atoms with E-state index in [1.807, 2.05) is 6.92 Å². The zero-order valence-corrected chi connectivity index (χ0v) is 15.1. The van der Waals surface area contributed by atoms with Crippen LogP contribution < -0.4 is 0 Å². The van der Waals surface area contributed by atoms with Gasteiger partial charge in [-0.25, -0.2) is 8.42 Å². The molecule has 0 saturated carbocycles. The van der Waals surface area contributed by atoms with Gasteiger partial charge in [0.05, 0.1) is 28.7 Å². The zero-order chi connectivity index (χ0) is 19.1. The molecule has 0 aliphatic carbocycles. The molecule has 2 aliphatic rings. The number of imide groups is 1. The smallest absolute Gasteiger partial charge is 0.282 e. The van der Waals surface area contributed by atoms with Gasteiger partial charge < -0.3 is 0 Å². The lowest BCUT2D eigenvalue weighted by molar-refractivity contribution is -0.385. The van der Waals surface area contributed by atoms with Crippen LogP contribution in [0, 0.1) is 10.1 Å². The summed E-state index contributed by atoms with van der Waals surface area (Å²) >= 11 is 0. The van der Waals surface area contributed by atoms with Crippen LogP contribution in [-0.4, -0.2) is 65.7 Å². The molecular formula is C16H19N3O6S. The Morgan fingerprint density at radius 3 is 2.62 bits per heavy atom. The maximum Gasteiger partial charge on any atom is 0.282 e. The van der Waals surface area contributed by atoms with Gasteiger partial charge in [0.2, 0.25) is 0 Å². The normalized spacial score (nSPS) is 21.5. The largest absolute Gasteiger partial charge is 0.282 e. The van der Waals surface area contributed by atoms with Crippen LogP contribution in [0.25, 0.3) is 0 Å². The molecule has 26 heavy (non-hydrogen) atoms. The molecule has 3 rings (SSSR count). The van der Waals surface area contributed by atoms with Crippen molar-refractivity contribution < 1.29 is 22.9 Å². The average molecular weight is 381 g/mol. The topological polar surface area (TPSA) is 118 Å². The molecule has 10 heteroatoms. The lowest BCUT2D eigenvalue weighted by atomic mass is 10.1. The highest BCUT2D eigenvalue weighted by atomic mass is 32.2. The summed E-state index contributed by atoms with van der Waals surface area (Å²) in [6, 6.07) is 3.70. The minimum Gasteiger partial charge on any atom is -0.282 e. The van der Waals surface area contributed by atoms with Crippen molar-refractivity contribution in [1.82, 2.24) is 9.80 Å². The molecule has 0 N–H and O–H groups in total. The third-order valence-electron chi connectivity index (χ3n) is 4.73. The number of carbonyl (C=O) groups is 2. The second-order valence-electron chi connectivity index (χ2n) is 6.51. The highest BCUT2D eigenvalue weighted by molar-refractivity contribution is 7.91. The molecule has 9 nitrogen and oxygen atoms in total. The Balaban J connectivity index is 1.87. The summed E-state index contributed by atoms with van der Waals surface area (Å²) in [6.45, 7) is 2.37. The number of nitro benzene ring substituents is 1. The number of hydrogen-bond donors (Lipinski definition) is 0. The van der Waals surface area contributed by atoms with Crippen LogP contribution in [0.5, 0.6) is 0 Å². The minimum absolute atomic E-state index is 0.00365. The lowest BCUT2D eigenvalue weighted by Crippen LogP contribution is -2.46. The molecule has 2 heterocycles. The molecule has 1 unspecified atom stereocenters. The quantitative estimate of drug-likeness (QED) is 0.410. The lowest BCUT2D eigenvalue weighted by Gasteiger charge is -2.30. The monoisotopic (exact) mass is 381 g/mol. The maximum absolute atomic E-state index is 12.7. The minimum atomic E-state index is -3.11. The van der Waals surface area contributed by atoms with E-state index in [2.05, 4.69) is 0 Å². The van der Waals surface area contributed by atoms with Crippen molar-refractivity contribution in [2.24, 2.45) is 0 Å². The van der Waals surface area contributed by atoms with Crippen molar-refractivity contribution in [2.45, 2.75) is 25.8 Å². The van der Waals surface area contributed by atoms with Crippen molar-refractivity contribution in [3.8, 4) is 0 Å². The Morgan fingerprint density at radius 1 is 1.31 bits per heavy atom. The highest BCUT2D eigenvalue weighted by Gasteiger charge is 2.43. The number of sulfone groups is 1. The molecule has 0 bridgehead atoms. The second-order valence-corrected chi connectivity index (χ2v) is 8.73. The summed E-state index contributed by atoms with van der Waals surface area (Å²) in [5, 5.41) is 11.2. The van der Waals surface area contributed by atoms with Crippen LogP contribution in [0.15, 0.2) is 18.2 Å². The van der Waals surface area contributed by atoms with Gasteiger partial charge in [0, 0.05) is 12.1 Å². The molecule has 1 fully saturated rings. The Bertz CT molecular complexity index is 882. The number of rotatable bonds is 6. The predicted molar refractivity (Wildman–Crippen MR) is 92.5 cm³/mol. The standard InChI is InChI=1S/C16H19N3O6S/c1-2-7-17(11-6-8-26(24,25)9-11)10-18-15(20)12-4-3-5-13(19(22)23)14(12)16(18)21/h3-5,11H,2,6-10H2,1H3. The number of benzene rings is 1. The SMILES string of the molecule is CCCN(CN1C(=O)c2cccc([N+](=O)[O-])c2C1=O)C1CCS(=O)(=O)C1. The summed E-state index contributed by atoms with van der Waals surface area (Å²) < 4.78 is 23.5. The number of nitro groups is 1. The molecule has 0 spiro atoms. The van der Waals surface area contributed by atoms with Gasteiger partial charge in [-0.2, -0.15) is 0 Å². The molecule has 1 atom stereocenters. The Morgan fingerprint density at radius 2 is 2.04 bits per heavy atom. The van der Waals surface area contributed by atoms with Crippen molar-refractivity contribution in [3.05, 3.63) is 39.4 Å². The molecular weight excluding hydrogens is 362 g/mol. The third kappa shape index (κ3) is 3.21. The average Bonchev–Trinajstić information content (AvgIpc) is 3.06. The molecule has 0 aromatic heterocycles. The Labute approximate surface area is 150 Å². The van der Waals surface area contributed by atoms with E-state index in [1.165, 1.54) is 18.2 Å². The summed E-state index contributed by atoms with van der Waals surface area (Å²) in [6.07, 6.45) is 1.17. The summed E-state index contributed by atoms with van der Waals surface area (Å²) in [5.74, 6) is -1.21. The van der Waals surface area contributed by atoms with Crippen LogP contribution >= 0.6 is 0 Å². The van der Waals surface area contributed by atoms with Gasteiger partial charge in [-0.3, -0.25) is 29.5 Å². The third-order valence-corrected chi connectivity index (χ3v) is 6.48. The van der Waals surface area contributed by atoms with E-state index < -0.39 is 32.3 Å².